The molecule has 0 aromatic heterocycles. The number of amides is 1. The van der Waals surface area contributed by atoms with E-state index in [1.807, 2.05) is 6.92 Å². The van der Waals surface area contributed by atoms with Gasteiger partial charge in [0, 0.05) is 31.2 Å². The van der Waals surface area contributed by atoms with Crippen molar-refractivity contribution < 1.29 is 13.2 Å². The fourth-order valence-electron chi connectivity index (χ4n) is 2.59. The lowest BCUT2D eigenvalue weighted by molar-refractivity contribution is -0.133. The topological polar surface area (TPSA) is 83.7 Å². The van der Waals surface area contributed by atoms with Crippen molar-refractivity contribution in [2.75, 3.05) is 26.2 Å². The zero-order valence-electron chi connectivity index (χ0n) is 13.1. The number of hydrogen-bond donors (Lipinski definition) is 1. The van der Waals surface area contributed by atoms with E-state index < -0.39 is 16.1 Å². The largest absolute Gasteiger partial charge is 0.339 e. The third-order valence-corrected chi connectivity index (χ3v) is 6.03. The zero-order chi connectivity index (χ0) is 17.0. The van der Waals surface area contributed by atoms with Crippen LogP contribution in [0.4, 0.5) is 0 Å². The van der Waals surface area contributed by atoms with E-state index in [2.05, 4.69) is 0 Å². The predicted molar refractivity (Wildman–Crippen MR) is 89.7 cm³/mol. The van der Waals surface area contributed by atoms with Gasteiger partial charge in [-0.3, -0.25) is 4.79 Å². The van der Waals surface area contributed by atoms with Crippen molar-refractivity contribution in [1.29, 1.82) is 0 Å². The Bertz CT molecular complexity index is 658. The average Bonchev–Trinajstić information content (AvgIpc) is 2.54. The standard InChI is InChI=1S/C15H22ClN3O3S/c1-2-4-14(17)15(20)18-7-9-19(10-8-18)23(21,22)13-6-3-5-12(16)11-13/h3,5-6,11,14H,2,4,7-10,17H2,1H3. The first-order valence-electron chi connectivity index (χ1n) is 7.66. The molecule has 1 heterocycles. The maximum Gasteiger partial charge on any atom is 0.243 e. The molecule has 0 aliphatic carbocycles. The minimum atomic E-state index is -3.58. The predicted octanol–water partition coefficient (Wildman–Crippen LogP) is 1.30. The molecular weight excluding hydrogens is 338 g/mol. The first kappa shape index (κ1) is 18.2. The highest BCUT2D eigenvalue weighted by molar-refractivity contribution is 7.89. The minimum Gasteiger partial charge on any atom is -0.339 e. The average molecular weight is 360 g/mol. The summed E-state index contributed by atoms with van der Waals surface area (Å²) in [6, 6.07) is 5.70. The summed E-state index contributed by atoms with van der Waals surface area (Å²) in [5.41, 5.74) is 5.85. The summed E-state index contributed by atoms with van der Waals surface area (Å²) < 4.78 is 26.6. The second-order valence-electron chi connectivity index (χ2n) is 5.58. The Balaban J connectivity index is 2.02. The van der Waals surface area contributed by atoms with Gasteiger partial charge in [0.05, 0.1) is 10.9 Å². The third-order valence-electron chi connectivity index (χ3n) is 3.90. The molecule has 0 spiro atoms. The summed E-state index contributed by atoms with van der Waals surface area (Å²) >= 11 is 5.87. The fourth-order valence-corrected chi connectivity index (χ4v) is 4.32. The molecule has 2 N–H and O–H groups in total. The highest BCUT2D eigenvalue weighted by atomic mass is 35.5. The van der Waals surface area contributed by atoms with Crippen LogP contribution >= 0.6 is 11.6 Å². The van der Waals surface area contributed by atoms with Gasteiger partial charge in [0.2, 0.25) is 15.9 Å². The highest BCUT2D eigenvalue weighted by Crippen LogP contribution is 2.21. The van der Waals surface area contributed by atoms with Gasteiger partial charge < -0.3 is 10.6 Å². The van der Waals surface area contributed by atoms with E-state index in [1.165, 1.54) is 16.4 Å². The SMILES string of the molecule is CCCC(N)C(=O)N1CCN(S(=O)(=O)c2cccc(Cl)c2)CC1. The maximum atomic E-state index is 12.6. The van der Waals surface area contributed by atoms with Gasteiger partial charge in [0.15, 0.2) is 0 Å². The molecule has 8 heteroatoms. The lowest BCUT2D eigenvalue weighted by Gasteiger charge is -2.35. The molecule has 1 atom stereocenters. The Hall–Kier alpha value is -1.15. The molecule has 1 aromatic rings. The van der Waals surface area contributed by atoms with Crippen molar-refractivity contribution in [3.63, 3.8) is 0 Å². The number of piperazine rings is 1. The second-order valence-corrected chi connectivity index (χ2v) is 7.96. The summed E-state index contributed by atoms with van der Waals surface area (Å²) in [6.45, 7) is 3.22. The van der Waals surface area contributed by atoms with Crippen LogP contribution in [0, 0.1) is 0 Å². The summed E-state index contributed by atoms with van der Waals surface area (Å²) in [4.78, 5) is 14.0. The lowest BCUT2D eigenvalue weighted by Crippen LogP contribution is -2.54. The van der Waals surface area contributed by atoms with Crippen molar-refractivity contribution >= 4 is 27.5 Å². The van der Waals surface area contributed by atoms with Crippen molar-refractivity contribution in [2.45, 2.75) is 30.7 Å². The zero-order valence-corrected chi connectivity index (χ0v) is 14.7. The number of benzene rings is 1. The first-order valence-corrected chi connectivity index (χ1v) is 9.48. The molecule has 1 aromatic carbocycles. The van der Waals surface area contributed by atoms with Gasteiger partial charge in [-0.1, -0.05) is 31.0 Å². The van der Waals surface area contributed by atoms with E-state index in [1.54, 1.807) is 17.0 Å². The molecule has 0 bridgehead atoms. The van der Waals surface area contributed by atoms with Gasteiger partial charge in [-0.2, -0.15) is 4.31 Å². The van der Waals surface area contributed by atoms with E-state index in [0.29, 0.717) is 24.5 Å². The van der Waals surface area contributed by atoms with E-state index in [-0.39, 0.29) is 23.9 Å². The van der Waals surface area contributed by atoms with E-state index in [0.717, 1.165) is 6.42 Å². The van der Waals surface area contributed by atoms with E-state index in [9.17, 15) is 13.2 Å². The summed E-state index contributed by atoms with van der Waals surface area (Å²) in [7, 11) is -3.58. The number of nitrogens with zero attached hydrogens (tertiary/aromatic N) is 2. The van der Waals surface area contributed by atoms with Crippen LogP contribution in [0.1, 0.15) is 19.8 Å². The smallest absolute Gasteiger partial charge is 0.243 e. The van der Waals surface area contributed by atoms with Gasteiger partial charge in [-0.15, -0.1) is 0 Å². The van der Waals surface area contributed by atoms with Gasteiger partial charge in [0.25, 0.3) is 0 Å². The molecule has 0 radical (unpaired) electrons. The lowest BCUT2D eigenvalue weighted by atomic mass is 10.1. The molecule has 128 valence electrons. The number of sulfonamides is 1. The number of carbonyl (C=O) groups is 1. The van der Waals surface area contributed by atoms with E-state index in [4.69, 9.17) is 17.3 Å². The molecule has 1 saturated heterocycles. The Morgan fingerprint density at radius 2 is 1.96 bits per heavy atom. The van der Waals surface area contributed by atoms with Crippen molar-refractivity contribution in [2.24, 2.45) is 5.73 Å². The molecule has 2 rings (SSSR count). The number of nitrogens with two attached hydrogens (primary N) is 1. The monoisotopic (exact) mass is 359 g/mol. The quantitative estimate of drug-likeness (QED) is 0.858. The van der Waals surface area contributed by atoms with Gasteiger partial charge >= 0.3 is 0 Å². The Kier molecular flexibility index (Phi) is 6.02. The van der Waals surface area contributed by atoms with E-state index >= 15 is 0 Å². The molecule has 1 unspecified atom stereocenters. The molecule has 1 fully saturated rings. The number of hydrogen-bond acceptors (Lipinski definition) is 4. The molecule has 1 amide bonds. The molecule has 1 aliphatic rings. The first-order chi connectivity index (χ1) is 10.9. The molecule has 23 heavy (non-hydrogen) atoms. The molecule has 0 saturated carbocycles. The van der Waals surface area contributed by atoms with Crippen LogP contribution in [0.15, 0.2) is 29.2 Å². The van der Waals surface area contributed by atoms with Crippen molar-refractivity contribution in [1.82, 2.24) is 9.21 Å². The minimum absolute atomic E-state index is 0.105. The molecule has 6 nitrogen and oxygen atoms in total. The Morgan fingerprint density at radius 3 is 2.52 bits per heavy atom. The second kappa shape index (κ2) is 7.61. The molecular formula is C15H22ClN3O3S. The van der Waals surface area contributed by atoms with Crippen LogP contribution in [0.3, 0.4) is 0 Å². The third kappa shape index (κ3) is 4.23. The van der Waals surface area contributed by atoms with Crippen molar-refractivity contribution in [3.05, 3.63) is 29.3 Å². The number of carbonyl (C=O) groups excluding carboxylic acids is 1. The Morgan fingerprint density at radius 1 is 1.30 bits per heavy atom. The Labute approximate surface area is 142 Å². The van der Waals surface area contributed by atoms with Crippen LogP contribution in [0.2, 0.25) is 5.02 Å². The number of halogens is 1. The van der Waals surface area contributed by atoms with Crippen LogP contribution in [-0.4, -0.2) is 55.8 Å². The van der Waals surface area contributed by atoms with Crippen LogP contribution in [0.5, 0.6) is 0 Å². The fraction of sp³-hybridized carbons (Fsp3) is 0.533. The summed E-state index contributed by atoms with van der Waals surface area (Å²) in [5.74, 6) is -0.105. The van der Waals surface area contributed by atoms with Gasteiger partial charge in [-0.05, 0) is 24.6 Å². The van der Waals surface area contributed by atoms with Gasteiger partial charge in [-0.25, -0.2) is 8.42 Å². The maximum absolute atomic E-state index is 12.6. The van der Waals surface area contributed by atoms with Crippen LogP contribution in [0.25, 0.3) is 0 Å². The highest BCUT2D eigenvalue weighted by Gasteiger charge is 2.31. The van der Waals surface area contributed by atoms with Crippen LogP contribution < -0.4 is 5.73 Å². The summed E-state index contributed by atoms with van der Waals surface area (Å²) in [6.07, 6.45) is 1.48. The number of rotatable bonds is 5. The summed E-state index contributed by atoms with van der Waals surface area (Å²) in [5, 5.41) is 0.380. The normalized spacial score (nSPS) is 18.0. The van der Waals surface area contributed by atoms with Gasteiger partial charge in [0.1, 0.15) is 0 Å². The molecule has 1 aliphatic heterocycles. The van der Waals surface area contributed by atoms with Crippen LogP contribution in [-0.2, 0) is 14.8 Å². The van der Waals surface area contributed by atoms with Crippen molar-refractivity contribution in [3.8, 4) is 0 Å².